The molecule has 0 atom stereocenters. The number of hydrogen-bond acceptors (Lipinski definition) is 14. The number of benzene rings is 4. The Bertz CT molecular complexity index is 2740. The Morgan fingerprint density at radius 3 is 1.51 bits per heavy atom. The quantitative estimate of drug-likeness (QED) is 0.0492. The topological polar surface area (TPSA) is 175 Å². The number of phenols is 2. The van der Waals surface area contributed by atoms with E-state index < -0.39 is 11.3 Å². The summed E-state index contributed by atoms with van der Waals surface area (Å²) >= 11 is 2.51. The molecule has 4 aromatic carbocycles. The zero-order valence-electron chi connectivity index (χ0n) is 28.9. The summed E-state index contributed by atoms with van der Waals surface area (Å²) in [5.41, 5.74) is 9.66. The van der Waals surface area contributed by atoms with Gasteiger partial charge in [0, 0.05) is 0 Å². The minimum atomic E-state index is -0.507. The molecule has 8 rings (SSSR count). The molecule has 4 N–H and O–H groups in total. The standard InChI is InChI=1S/C40H28N6O6S2Se/c1-21(43-45-39-41-31(19-53-39)27-7-3-5-9-33(27)47)29-17-23-15-25(11-13-35(23)51-37(29)49)55-26-12-14-36-24(16-26)18-30(38(50)52-36)22(2)44-46-40-42-32(20-54-40)28-8-4-6-10-34(28)48/h3-20,47-48H,1-2H3,(H,41,45)(H,42,46). The van der Waals surface area contributed by atoms with Crippen LogP contribution in [0.15, 0.2) is 136 Å². The summed E-state index contributed by atoms with van der Waals surface area (Å²) in [5, 5.41) is 35.2. The zero-order valence-corrected chi connectivity index (χ0v) is 32.3. The summed E-state index contributed by atoms with van der Waals surface area (Å²) in [4.78, 5) is 34.9. The molecule has 0 amide bonds. The predicted octanol–water partition coefficient (Wildman–Crippen LogP) is 6.88. The Labute approximate surface area is 326 Å². The number of aromatic nitrogens is 2. The van der Waals surface area contributed by atoms with Crippen LogP contribution in [0.1, 0.15) is 25.0 Å². The second-order valence-corrected chi connectivity index (χ2v) is 16.2. The number of anilines is 2. The third-order valence-corrected chi connectivity index (χ3v) is 12.0. The maximum absolute atomic E-state index is 12.9. The number of rotatable bonds is 10. The van der Waals surface area contributed by atoms with Gasteiger partial charge in [0.25, 0.3) is 0 Å². The van der Waals surface area contributed by atoms with Gasteiger partial charge in [-0.05, 0) is 24.3 Å². The fraction of sp³-hybridized carbons (Fsp3) is 0.0500. The third kappa shape index (κ3) is 7.68. The molecule has 4 aromatic heterocycles. The molecule has 8 aromatic rings. The van der Waals surface area contributed by atoms with Crippen molar-refractivity contribution in [2.45, 2.75) is 13.8 Å². The summed E-state index contributed by atoms with van der Waals surface area (Å²) in [7, 11) is 0. The first kappa shape index (κ1) is 35.6. The van der Waals surface area contributed by atoms with E-state index in [1.807, 2.05) is 47.2 Å². The summed E-state index contributed by atoms with van der Waals surface area (Å²) in [5.74, 6) is 0.271. The molecule has 0 unspecified atom stereocenters. The van der Waals surface area contributed by atoms with Crippen LogP contribution < -0.4 is 31.0 Å². The average Bonchev–Trinajstić information content (AvgIpc) is 3.86. The van der Waals surface area contributed by atoms with Crippen LogP contribution in [0, 0.1) is 0 Å². The molecule has 0 aliphatic heterocycles. The van der Waals surface area contributed by atoms with Gasteiger partial charge in [-0.2, -0.15) is 0 Å². The van der Waals surface area contributed by atoms with Gasteiger partial charge in [0.15, 0.2) is 0 Å². The Kier molecular flexibility index (Phi) is 9.82. The van der Waals surface area contributed by atoms with Crippen LogP contribution in [0.25, 0.3) is 44.5 Å². The first-order valence-corrected chi connectivity index (χ1v) is 20.1. The Morgan fingerprint density at radius 2 is 1.07 bits per heavy atom. The first-order valence-electron chi connectivity index (χ1n) is 16.6. The SMILES string of the molecule is CC(=NNc1nc(-c2ccccc2O)cs1)c1cc2cc([Se]c3ccc4oc(=O)c(C(C)=NNc5nc(-c6ccccc6O)cs5)cc4c3)ccc2oc1=O. The van der Waals surface area contributed by atoms with E-state index in [0.29, 0.717) is 66.5 Å². The summed E-state index contributed by atoms with van der Waals surface area (Å²) in [6.45, 7) is 3.43. The van der Waals surface area contributed by atoms with E-state index >= 15 is 0 Å². The van der Waals surface area contributed by atoms with Gasteiger partial charge in [-0.1, -0.05) is 24.3 Å². The fourth-order valence-corrected chi connectivity index (χ4v) is 8.86. The Morgan fingerprint density at radius 1 is 0.636 bits per heavy atom. The molecule has 0 saturated heterocycles. The Hall–Kier alpha value is -6.38. The molecule has 4 heterocycles. The van der Waals surface area contributed by atoms with Crippen LogP contribution in [0.3, 0.4) is 0 Å². The van der Waals surface area contributed by atoms with Gasteiger partial charge in [-0.15, -0.1) is 0 Å². The van der Waals surface area contributed by atoms with E-state index in [1.165, 1.54) is 22.7 Å². The molecule has 55 heavy (non-hydrogen) atoms. The monoisotopic (exact) mass is 832 g/mol. The van der Waals surface area contributed by atoms with Crippen LogP contribution in [0.4, 0.5) is 10.3 Å². The Balaban J connectivity index is 0.991. The number of hydrazone groups is 2. The molecule has 272 valence electrons. The average molecular weight is 832 g/mol. The number of para-hydroxylation sites is 2. The van der Waals surface area contributed by atoms with Gasteiger partial charge in [0.2, 0.25) is 0 Å². The van der Waals surface area contributed by atoms with Crippen LogP contribution >= 0.6 is 22.7 Å². The van der Waals surface area contributed by atoms with Crippen molar-refractivity contribution in [3.63, 3.8) is 0 Å². The van der Waals surface area contributed by atoms with E-state index in [0.717, 1.165) is 19.7 Å². The zero-order chi connectivity index (χ0) is 38.1. The van der Waals surface area contributed by atoms with Gasteiger partial charge in [0.05, 0.1) is 0 Å². The van der Waals surface area contributed by atoms with Gasteiger partial charge in [0.1, 0.15) is 11.5 Å². The van der Waals surface area contributed by atoms with Crippen molar-refractivity contribution in [3.8, 4) is 34.0 Å². The van der Waals surface area contributed by atoms with Crippen molar-refractivity contribution in [1.82, 2.24) is 9.97 Å². The number of fused-ring (bicyclic) bond motifs is 2. The minimum absolute atomic E-state index is 0.136. The molecular formula is C40H28N6O6S2Se. The van der Waals surface area contributed by atoms with Crippen molar-refractivity contribution in [2.75, 3.05) is 10.9 Å². The molecule has 0 aliphatic carbocycles. The van der Waals surface area contributed by atoms with Crippen molar-refractivity contribution in [1.29, 1.82) is 0 Å². The number of phenolic OH excluding ortho intramolecular Hbond substituents is 2. The van der Waals surface area contributed by atoms with Gasteiger partial charge >= 0.3 is 258 Å². The molecule has 12 nitrogen and oxygen atoms in total. The van der Waals surface area contributed by atoms with E-state index in [9.17, 15) is 19.8 Å². The first-order chi connectivity index (χ1) is 26.7. The summed E-state index contributed by atoms with van der Waals surface area (Å²) in [6, 6.07) is 28.9. The van der Waals surface area contributed by atoms with Crippen LogP contribution in [-0.4, -0.2) is 46.6 Å². The van der Waals surface area contributed by atoms with Gasteiger partial charge in [-0.25, -0.2) is 0 Å². The number of aromatic hydroxyl groups is 2. The molecular weight excluding hydrogens is 804 g/mol. The predicted molar refractivity (Wildman–Crippen MR) is 220 cm³/mol. The number of nitrogens with zero attached hydrogens (tertiary/aromatic N) is 4. The molecule has 0 saturated carbocycles. The number of nitrogens with one attached hydrogen (secondary N) is 2. The summed E-state index contributed by atoms with van der Waals surface area (Å²) < 4.78 is 13.4. The van der Waals surface area contributed by atoms with Crippen molar-refractivity contribution in [3.05, 3.63) is 140 Å². The summed E-state index contributed by atoms with van der Waals surface area (Å²) in [6.07, 6.45) is 0. The van der Waals surface area contributed by atoms with E-state index in [4.69, 9.17) is 8.83 Å². The second-order valence-electron chi connectivity index (χ2n) is 12.1. The molecule has 15 heteroatoms. The molecule has 0 bridgehead atoms. The normalized spacial score (nSPS) is 12.0. The van der Waals surface area contributed by atoms with Crippen molar-refractivity contribution in [2.24, 2.45) is 10.2 Å². The molecule has 0 aliphatic rings. The van der Waals surface area contributed by atoms with E-state index in [-0.39, 0.29) is 26.5 Å². The molecule has 0 radical (unpaired) electrons. The third-order valence-electron chi connectivity index (χ3n) is 8.43. The van der Waals surface area contributed by atoms with Gasteiger partial charge in [-0.3, -0.25) is 0 Å². The van der Waals surface area contributed by atoms with Crippen molar-refractivity contribution < 1.29 is 19.0 Å². The second kappa shape index (κ2) is 15.2. The van der Waals surface area contributed by atoms with Gasteiger partial charge < -0.3 is 10.2 Å². The number of hydrogen-bond donors (Lipinski definition) is 4. The molecule has 0 fully saturated rings. The van der Waals surface area contributed by atoms with Crippen LogP contribution in [0.2, 0.25) is 0 Å². The van der Waals surface area contributed by atoms with E-state index in [1.54, 1.807) is 74.5 Å². The van der Waals surface area contributed by atoms with Crippen LogP contribution in [0.5, 0.6) is 11.5 Å². The van der Waals surface area contributed by atoms with Crippen LogP contribution in [-0.2, 0) is 0 Å². The number of thiazole rings is 2. The van der Waals surface area contributed by atoms with E-state index in [2.05, 4.69) is 31.0 Å². The maximum atomic E-state index is 12.9. The molecule has 0 spiro atoms. The van der Waals surface area contributed by atoms with Crippen molar-refractivity contribution >= 4 is 90.2 Å². The fourth-order valence-electron chi connectivity index (χ4n) is 5.63.